The van der Waals surface area contributed by atoms with Gasteiger partial charge in [0.1, 0.15) is 17.2 Å². The molecule has 2 aromatic carbocycles. The van der Waals surface area contributed by atoms with E-state index in [1.165, 1.54) is 6.07 Å². The van der Waals surface area contributed by atoms with Crippen molar-refractivity contribution in [1.82, 2.24) is 0 Å². The minimum atomic E-state index is -0.397. The van der Waals surface area contributed by atoms with E-state index in [0.29, 0.717) is 5.56 Å². The smallest absolute Gasteiger partial charge is 0.131 e. The van der Waals surface area contributed by atoms with E-state index in [0.717, 1.165) is 23.3 Å². The number of rotatable bonds is 2. The first kappa shape index (κ1) is 12.9. The zero-order valence-corrected chi connectivity index (χ0v) is 11.7. The predicted octanol–water partition coefficient (Wildman–Crippen LogP) is 4.82. The normalized spacial score (nSPS) is 20.9. The van der Waals surface area contributed by atoms with E-state index in [1.807, 2.05) is 49.4 Å². The lowest BCUT2D eigenvalue weighted by Gasteiger charge is -2.33. The van der Waals surface area contributed by atoms with Crippen molar-refractivity contribution in [2.24, 2.45) is 0 Å². The summed E-state index contributed by atoms with van der Waals surface area (Å²) >= 11 is 0. The van der Waals surface area contributed by atoms with Gasteiger partial charge in [-0.3, -0.25) is 0 Å². The Labute approximate surface area is 118 Å². The summed E-state index contributed by atoms with van der Waals surface area (Å²) < 4.78 is 20.2. The second-order valence-corrected chi connectivity index (χ2v) is 5.30. The van der Waals surface area contributed by atoms with Crippen LogP contribution in [0.5, 0.6) is 5.75 Å². The third kappa shape index (κ3) is 2.11. The van der Waals surface area contributed by atoms with Gasteiger partial charge in [-0.2, -0.15) is 0 Å². The molecule has 0 amide bonds. The summed E-state index contributed by atoms with van der Waals surface area (Å²) in [5, 5.41) is 0. The van der Waals surface area contributed by atoms with E-state index in [2.05, 4.69) is 6.92 Å². The molecule has 0 aliphatic carbocycles. The van der Waals surface area contributed by atoms with Gasteiger partial charge in [-0.15, -0.1) is 0 Å². The molecule has 1 aliphatic rings. The lowest BCUT2D eigenvalue weighted by molar-refractivity contribution is 0.132. The Kier molecular flexibility index (Phi) is 3.09. The monoisotopic (exact) mass is 268 g/mol. The molecule has 0 aromatic heterocycles. The molecule has 0 saturated heterocycles. The molecule has 1 unspecified atom stereocenters. The van der Waals surface area contributed by atoms with E-state index >= 15 is 0 Å². The molecular formula is C18H17FO. The van der Waals surface area contributed by atoms with Crippen molar-refractivity contribution in [3.63, 3.8) is 0 Å². The van der Waals surface area contributed by atoms with Gasteiger partial charge >= 0.3 is 0 Å². The van der Waals surface area contributed by atoms with Crippen LogP contribution in [0.25, 0.3) is 5.57 Å². The maximum absolute atomic E-state index is 14.1. The van der Waals surface area contributed by atoms with Crippen molar-refractivity contribution in [2.75, 3.05) is 0 Å². The van der Waals surface area contributed by atoms with Crippen LogP contribution in [0.2, 0.25) is 0 Å². The van der Waals surface area contributed by atoms with Gasteiger partial charge in [-0.1, -0.05) is 43.3 Å². The molecule has 1 nitrogen and oxygen atoms in total. The van der Waals surface area contributed by atoms with Crippen molar-refractivity contribution in [3.8, 4) is 5.75 Å². The SMILES string of the molecule is CCC1(C)C=C(c2ccccc2F)c2ccccc2O1. The molecule has 102 valence electrons. The lowest BCUT2D eigenvalue weighted by Crippen LogP contribution is -2.32. The van der Waals surface area contributed by atoms with Crippen molar-refractivity contribution >= 4 is 5.57 Å². The maximum atomic E-state index is 14.1. The zero-order valence-electron chi connectivity index (χ0n) is 11.7. The number of fused-ring (bicyclic) bond motifs is 1. The van der Waals surface area contributed by atoms with Gasteiger partial charge in [0.25, 0.3) is 0 Å². The fourth-order valence-corrected chi connectivity index (χ4v) is 2.52. The van der Waals surface area contributed by atoms with Crippen LogP contribution in [0, 0.1) is 5.82 Å². The lowest BCUT2D eigenvalue weighted by atomic mass is 9.88. The van der Waals surface area contributed by atoms with Crippen molar-refractivity contribution in [3.05, 3.63) is 71.6 Å². The van der Waals surface area contributed by atoms with Gasteiger partial charge in [0.2, 0.25) is 0 Å². The summed E-state index contributed by atoms with van der Waals surface area (Å²) in [5.74, 6) is 0.617. The van der Waals surface area contributed by atoms with Crippen LogP contribution in [0.4, 0.5) is 4.39 Å². The quantitative estimate of drug-likeness (QED) is 0.758. The number of ether oxygens (including phenoxy) is 1. The summed E-state index contributed by atoms with van der Waals surface area (Å²) in [6, 6.07) is 14.7. The van der Waals surface area contributed by atoms with Crippen LogP contribution in [-0.2, 0) is 0 Å². The molecule has 1 aliphatic heterocycles. The van der Waals surface area contributed by atoms with Crippen LogP contribution in [0.15, 0.2) is 54.6 Å². The van der Waals surface area contributed by atoms with Crippen LogP contribution in [-0.4, -0.2) is 5.60 Å². The number of hydrogen-bond acceptors (Lipinski definition) is 1. The molecule has 2 aromatic rings. The Morgan fingerprint density at radius 2 is 1.65 bits per heavy atom. The summed E-state index contributed by atoms with van der Waals surface area (Å²) in [5.41, 5.74) is 2.09. The first-order valence-electron chi connectivity index (χ1n) is 6.89. The number of para-hydroxylation sites is 1. The molecule has 1 atom stereocenters. The van der Waals surface area contributed by atoms with Gasteiger partial charge in [-0.25, -0.2) is 4.39 Å². The summed E-state index contributed by atoms with van der Waals surface area (Å²) in [4.78, 5) is 0. The van der Waals surface area contributed by atoms with Crippen LogP contribution in [0.1, 0.15) is 31.4 Å². The average molecular weight is 268 g/mol. The molecular weight excluding hydrogens is 251 g/mol. The highest BCUT2D eigenvalue weighted by Gasteiger charge is 2.30. The van der Waals surface area contributed by atoms with Crippen LogP contribution < -0.4 is 4.74 Å². The van der Waals surface area contributed by atoms with Gasteiger partial charge in [-0.05, 0) is 37.1 Å². The largest absolute Gasteiger partial charge is 0.483 e. The van der Waals surface area contributed by atoms with Crippen LogP contribution in [0.3, 0.4) is 0 Å². The van der Waals surface area contributed by atoms with Gasteiger partial charge in [0.15, 0.2) is 0 Å². The third-order valence-corrected chi connectivity index (χ3v) is 3.84. The molecule has 2 heteroatoms. The van der Waals surface area contributed by atoms with Gasteiger partial charge in [0, 0.05) is 11.1 Å². The number of hydrogen-bond donors (Lipinski definition) is 0. The Bertz CT molecular complexity index is 675. The second kappa shape index (κ2) is 4.78. The summed E-state index contributed by atoms with van der Waals surface area (Å²) in [6.45, 7) is 4.10. The fraction of sp³-hybridized carbons (Fsp3) is 0.222. The molecule has 0 radical (unpaired) electrons. The van der Waals surface area contributed by atoms with Crippen molar-refractivity contribution < 1.29 is 9.13 Å². The van der Waals surface area contributed by atoms with E-state index < -0.39 is 5.60 Å². The molecule has 1 heterocycles. The highest BCUT2D eigenvalue weighted by molar-refractivity contribution is 5.84. The molecule has 3 rings (SSSR count). The van der Waals surface area contributed by atoms with E-state index in [1.54, 1.807) is 6.07 Å². The van der Waals surface area contributed by atoms with E-state index in [-0.39, 0.29) is 5.82 Å². The standard InChI is InChI=1S/C18H17FO/c1-3-18(2)12-15(13-8-4-6-10-16(13)19)14-9-5-7-11-17(14)20-18/h4-12H,3H2,1-2H3. The minimum Gasteiger partial charge on any atom is -0.483 e. The molecule has 0 spiro atoms. The van der Waals surface area contributed by atoms with Crippen molar-refractivity contribution in [2.45, 2.75) is 25.9 Å². The van der Waals surface area contributed by atoms with E-state index in [9.17, 15) is 4.39 Å². The molecule has 0 fully saturated rings. The van der Waals surface area contributed by atoms with Gasteiger partial charge < -0.3 is 4.74 Å². The molecule has 0 N–H and O–H groups in total. The van der Waals surface area contributed by atoms with Crippen LogP contribution >= 0.6 is 0 Å². The first-order valence-corrected chi connectivity index (χ1v) is 6.89. The highest BCUT2D eigenvalue weighted by atomic mass is 19.1. The topological polar surface area (TPSA) is 9.23 Å². The summed E-state index contributed by atoms with van der Waals surface area (Å²) in [6.07, 6.45) is 2.87. The van der Waals surface area contributed by atoms with E-state index in [4.69, 9.17) is 4.74 Å². The minimum absolute atomic E-state index is 0.200. The highest BCUT2D eigenvalue weighted by Crippen LogP contribution is 2.40. The zero-order chi connectivity index (χ0) is 14.2. The predicted molar refractivity (Wildman–Crippen MR) is 79.2 cm³/mol. The molecule has 20 heavy (non-hydrogen) atoms. The number of benzene rings is 2. The number of halogens is 1. The maximum Gasteiger partial charge on any atom is 0.131 e. The van der Waals surface area contributed by atoms with Crippen molar-refractivity contribution in [1.29, 1.82) is 0 Å². The first-order chi connectivity index (χ1) is 9.63. The average Bonchev–Trinajstić information content (AvgIpc) is 2.47. The molecule has 0 bridgehead atoms. The third-order valence-electron chi connectivity index (χ3n) is 3.84. The van der Waals surface area contributed by atoms with Gasteiger partial charge in [0.05, 0.1) is 0 Å². The second-order valence-electron chi connectivity index (χ2n) is 5.30. The fourth-order valence-electron chi connectivity index (χ4n) is 2.52. The molecule has 0 saturated carbocycles. The Hall–Kier alpha value is -2.09. The summed E-state index contributed by atoms with van der Waals surface area (Å²) in [7, 11) is 0. The Morgan fingerprint density at radius 3 is 2.35 bits per heavy atom. The Balaban J connectivity index is 2.23. The Morgan fingerprint density at radius 1 is 1.00 bits per heavy atom.